The van der Waals surface area contributed by atoms with Crippen LogP contribution < -0.4 is 5.32 Å². The molecule has 0 radical (unpaired) electrons. The van der Waals surface area contributed by atoms with Gasteiger partial charge in [0.1, 0.15) is 0 Å². The maximum atomic E-state index is 3.40. The first kappa shape index (κ1) is 9.28. The zero-order chi connectivity index (χ0) is 9.80. The second-order valence-corrected chi connectivity index (χ2v) is 4.25. The fourth-order valence-corrected chi connectivity index (χ4v) is 2.17. The van der Waals surface area contributed by atoms with Gasteiger partial charge in [0, 0.05) is 17.1 Å². The predicted octanol–water partition coefficient (Wildman–Crippen LogP) is 3.67. The highest BCUT2D eigenvalue weighted by atomic mass is 32.1. The monoisotopic (exact) mass is 203 g/mol. The van der Waals surface area contributed by atoms with Crippen LogP contribution in [0.2, 0.25) is 0 Å². The standard InChI is InChI=1S/C12H13NS/c1-10-7-8-14-12(10)9-13-11-5-3-2-4-6-11/h2-8,13H,9H2,1H3. The van der Waals surface area contributed by atoms with Crippen molar-refractivity contribution >= 4 is 17.0 Å². The third-order valence-electron chi connectivity index (χ3n) is 2.20. The van der Waals surface area contributed by atoms with Crippen LogP contribution in [0, 0.1) is 6.92 Å². The summed E-state index contributed by atoms with van der Waals surface area (Å²) >= 11 is 1.81. The molecule has 2 aromatic rings. The molecule has 0 bridgehead atoms. The zero-order valence-corrected chi connectivity index (χ0v) is 8.97. The lowest BCUT2D eigenvalue weighted by Gasteiger charge is -2.04. The lowest BCUT2D eigenvalue weighted by atomic mass is 10.3. The summed E-state index contributed by atoms with van der Waals surface area (Å²) in [5.74, 6) is 0. The average molecular weight is 203 g/mol. The van der Waals surface area contributed by atoms with Crippen molar-refractivity contribution in [2.24, 2.45) is 0 Å². The van der Waals surface area contributed by atoms with Crippen LogP contribution >= 0.6 is 11.3 Å². The quantitative estimate of drug-likeness (QED) is 0.802. The fraction of sp³-hybridized carbons (Fsp3) is 0.167. The number of anilines is 1. The maximum absolute atomic E-state index is 3.40. The van der Waals surface area contributed by atoms with E-state index >= 15 is 0 Å². The van der Waals surface area contributed by atoms with Crippen LogP contribution in [0.4, 0.5) is 5.69 Å². The molecule has 0 amide bonds. The summed E-state index contributed by atoms with van der Waals surface area (Å²) in [5, 5.41) is 5.53. The second-order valence-electron chi connectivity index (χ2n) is 3.25. The van der Waals surface area contributed by atoms with Crippen LogP contribution in [-0.4, -0.2) is 0 Å². The van der Waals surface area contributed by atoms with Crippen LogP contribution in [0.5, 0.6) is 0 Å². The summed E-state index contributed by atoms with van der Waals surface area (Å²) < 4.78 is 0. The normalized spacial score (nSPS) is 10.1. The van der Waals surface area contributed by atoms with Crippen molar-refractivity contribution in [2.45, 2.75) is 13.5 Å². The molecule has 72 valence electrons. The lowest BCUT2D eigenvalue weighted by Crippen LogP contribution is -1.97. The third-order valence-corrected chi connectivity index (χ3v) is 3.22. The molecule has 1 N–H and O–H groups in total. The molecule has 1 nitrogen and oxygen atoms in total. The van der Waals surface area contributed by atoms with E-state index in [1.807, 2.05) is 18.2 Å². The molecule has 2 rings (SSSR count). The summed E-state index contributed by atoms with van der Waals surface area (Å²) in [7, 11) is 0. The largest absolute Gasteiger partial charge is 0.380 e. The highest BCUT2D eigenvalue weighted by Crippen LogP contribution is 2.17. The Kier molecular flexibility index (Phi) is 2.84. The highest BCUT2D eigenvalue weighted by molar-refractivity contribution is 7.10. The molecule has 1 aromatic heterocycles. The van der Waals surface area contributed by atoms with E-state index in [1.165, 1.54) is 16.1 Å². The van der Waals surface area contributed by atoms with Crippen LogP contribution in [0.15, 0.2) is 41.8 Å². The molecular weight excluding hydrogens is 190 g/mol. The predicted molar refractivity (Wildman–Crippen MR) is 62.8 cm³/mol. The number of nitrogens with one attached hydrogen (secondary N) is 1. The summed E-state index contributed by atoms with van der Waals surface area (Å²) in [6.45, 7) is 3.08. The summed E-state index contributed by atoms with van der Waals surface area (Å²) in [6, 6.07) is 12.5. The fourth-order valence-electron chi connectivity index (χ4n) is 1.32. The van der Waals surface area contributed by atoms with Gasteiger partial charge in [0.25, 0.3) is 0 Å². The van der Waals surface area contributed by atoms with Crippen LogP contribution in [0.1, 0.15) is 10.4 Å². The molecule has 0 aliphatic heterocycles. The number of hydrogen-bond donors (Lipinski definition) is 1. The molecule has 0 spiro atoms. The Morgan fingerprint density at radius 1 is 1.14 bits per heavy atom. The Hall–Kier alpha value is -1.28. The maximum Gasteiger partial charge on any atom is 0.0496 e. The minimum atomic E-state index is 0.924. The SMILES string of the molecule is Cc1ccsc1CNc1ccccc1. The lowest BCUT2D eigenvalue weighted by molar-refractivity contribution is 1.17. The molecule has 0 aliphatic carbocycles. The Bertz CT molecular complexity index is 392. The van der Waals surface area contributed by atoms with Gasteiger partial charge in [-0.3, -0.25) is 0 Å². The van der Waals surface area contributed by atoms with E-state index in [0.29, 0.717) is 0 Å². The van der Waals surface area contributed by atoms with E-state index < -0.39 is 0 Å². The minimum Gasteiger partial charge on any atom is -0.380 e. The summed E-state index contributed by atoms with van der Waals surface area (Å²) in [4.78, 5) is 1.41. The van der Waals surface area contributed by atoms with Crippen molar-refractivity contribution < 1.29 is 0 Å². The summed E-state index contributed by atoms with van der Waals surface area (Å²) in [6.07, 6.45) is 0. The van der Waals surface area contributed by atoms with Crippen molar-refractivity contribution in [2.75, 3.05) is 5.32 Å². The van der Waals surface area contributed by atoms with Gasteiger partial charge >= 0.3 is 0 Å². The van der Waals surface area contributed by atoms with E-state index in [2.05, 4.69) is 35.8 Å². The van der Waals surface area contributed by atoms with Gasteiger partial charge in [-0.15, -0.1) is 11.3 Å². The summed E-state index contributed by atoms with van der Waals surface area (Å²) in [5.41, 5.74) is 2.55. The van der Waals surface area contributed by atoms with Gasteiger partial charge < -0.3 is 5.32 Å². The zero-order valence-electron chi connectivity index (χ0n) is 8.16. The molecule has 0 aliphatic rings. The van der Waals surface area contributed by atoms with Gasteiger partial charge in [0.05, 0.1) is 0 Å². The smallest absolute Gasteiger partial charge is 0.0496 e. The van der Waals surface area contributed by atoms with Crippen molar-refractivity contribution in [3.8, 4) is 0 Å². The molecular formula is C12H13NS. The number of thiophene rings is 1. The van der Waals surface area contributed by atoms with Gasteiger partial charge in [0.2, 0.25) is 0 Å². The van der Waals surface area contributed by atoms with E-state index in [-0.39, 0.29) is 0 Å². The van der Waals surface area contributed by atoms with Gasteiger partial charge in [-0.05, 0) is 36.1 Å². The van der Waals surface area contributed by atoms with Crippen molar-refractivity contribution in [3.63, 3.8) is 0 Å². The number of rotatable bonds is 3. The molecule has 1 heterocycles. The van der Waals surface area contributed by atoms with Crippen LogP contribution in [0.3, 0.4) is 0 Å². The van der Waals surface area contributed by atoms with Gasteiger partial charge in [-0.25, -0.2) is 0 Å². The molecule has 0 atom stereocenters. The molecule has 0 saturated carbocycles. The molecule has 0 saturated heterocycles. The molecule has 0 fully saturated rings. The molecule has 1 aromatic carbocycles. The molecule has 2 heteroatoms. The molecule has 0 unspecified atom stereocenters. The number of para-hydroxylation sites is 1. The van der Waals surface area contributed by atoms with E-state index in [4.69, 9.17) is 0 Å². The molecule has 14 heavy (non-hydrogen) atoms. The average Bonchev–Trinajstić information content (AvgIpc) is 2.63. The van der Waals surface area contributed by atoms with Crippen molar-refractivity contribution in [3.05, 3.63) is 52.2 Å². The van der Waals surface area contributed by atoms with Gasteiger partial charge in [0.15, 0.2) is 0 Å². The Labute approximate surface area is 88.4 Å². The van der Waals surface area contributed by atoms with Crippen LogP contribution in [0.25, 0.3) is 0 Å². The van der Waals surface area contributed by atoms with E-state index in [1.54, 1.807) is 11.3 Å². The first-order chi connectivity index (χ1) is 6.86. The van der Waals surface area contributed by atoms with Crippen molar-refractivity contribution in [1.29, 1.82) is 0 Å². The Morgan fingerprint density at radius 3 is 2.57 bits per heavy atom. The van der Waals surface area contributed by atoms with E-state index in [9.17, 15) is 0 Å². The van der Waals surface area contributed by atoms with E-state index in [0.717, 1.165) is 6.54 Å². The number of benzene rings is 1. The van der Waals surface area contributed by atoms with Gasteiger partial charge in [-0.1, -0.05) is 18.2 Å². The van der Waals surface area contributed by atoms with Crippen molar-refractivity contribution in [1.82, 2.24) is 0 Å². The Balaban J connectivity index is 1.99. The first-order valence-electron chi connectivity index (χ1n) is 4.68. The first-order valence-corrected chi connectivity index (χ1v) is 5.56. The van der Waals surface area contributed by atoms with Crippen LogP contribution in [-0.2, 0) is 6.54 Å². The second kappa shape index (κ2) is 4.29. The Morgan fingerprint density at radius 2 is 1.93 bits per heavy atom. The topological polar surface area (TPSA) is 12.0 Å². The highest BCUT2D eigenvalue weighted by Gasteiger charge is 1.98. The minimum absolute atomic E-state index is 0.924. The number of aryl methyl sites for hydroxylation is 1. The third kappa shape index (κ3) is 2.15. The number of hydrogen-bond acceptors (Lipinski definition) is 2. The van der Waals surface area contributed by atoms with Gasteiger partial charge in [-0.2, -0.15) is 0 Å².